The SMILES string of the molecule is CCOc1nc(NCc2ccc(S(N)(=O)=O)cc2)nc2ccc(-c3ccc(C(=O)N[C@H](N)CO)cc3)nc12. The maximum atomic E-state index is 12.2. The van der Waals surface area contributed by atoms with Crippen LogP contribution >= 0.6 is 0 Å². The van der Waals surface area contributed by atoms with Crippen LogP contribution in [0.25, 0.3) is 22.3 Å². The molecule has 12 nitrogen and oxygen atoms in total. The van der Waals surface area contributed by atoms with Crippen molar-refractivity contribution < 1.29 is 23.1 Å². The number of pyridine rings is 1. The van der Waals surface area contributed by atoms with E-state index in [9.17, 15) is 13.2 Å². The van der Waals surface area contributed by atoms with Crippen molar-refractivity contribution in [3.8, 4) is 17.1 Å². The van der Waals surface area contributed by atoms with Crippen LogP contribution in [0.4, 0.5) is 5.95 Å². The van der Waals surface area contributed by atoms with Crippen molar-refractivity contribution in [1.29, 1.82) is 0 Å². The third kappa shape index (κ3) is 6.39. The van der Waals surface area contributed by atoms with Gasteiger partial charge in [0.2, 0.25) is 21.9 Å². The minimum Gasteiger partial charge on any atom is -0.476 e. The van der Waals surface area contributed by atoms with Gasteiger partial charge in [0.15, 0.2) is 5.52 Å². The average molecular weight is 538 g/mol. The number of nitrogens with zero attached hydrogens (tertiary/aromatic N) is 3. The average Bonchev–Trinajstić information content (AvgIpc) is 2.91. The fraction of sp³-hybridized carbons (Fsp3) is 0.200. The first-order valence-electron chi connectivity index (χ1n) is 11.6. The third-order valence-corrected chi connectivity index (χ3v) is 6.38. The van der Waals surface area contributed by atoms with Gasteiger partial charge in [-0.3, -0.25) is 4.79 Å². The molecule has 0 unspecified atom stereocenters. The Morgan fingerprint density at radius 3 is 2.37 bits per heavy atom. The second kappa shape index (κ2) is 11.5. The number of carbonyl (C=O) groups excluding carboxylic acids is 1. The van der Waals surface area contributed by atoms with Gasteiger partial charge in [-0.05, 0) is 48.9 Å². The van der Waals surface area contributed by atoms with Crippen LogP contribution < -0.4 is 26.2 Å². The van der Waals surface area contributed by atoms with E-state index in [0.717, 1.165) is 11.1 Å². The lowest BCUT2D eigenvalue weighted by molar-refractivity contribution is 0.0918. The highest BCUT2D eigenvalue weighted by atomic mass is 32.2. The van der Waals surface area contributed by atoms with Crippen LogP contribution in [0.5, 0.6) is 5.88 Å². The van der Waals surface area contributed by atoms with Gasteiger partial charge >= 0.3 is 0 Å². The van der Waals surface area contributed by atoms with Gasteiger partial charge in [-0.2, -0.15) is 4.98 Å². The Balaban J connectivity index is 1.55. The highest BCUT2D eigenvalue weighted by molar-refractivity contribution is 7.89. The number of amides is 1. The van der Waals surface area contributed by atoms with Gasteiger partial charge < -0.3 is 26.2 Å². The molecule has 13 heteroatoms. The number of rotatable bonds is 10. The van der Waals surface area contributed by atoms with Crippen LogP contribution in [0.1, 0.15) is 22.8 Å². The molecule has 2 aromatic carbocycles. The minimum absolute atomic E-state index is 0.0347. The summed E-state index contributed by atoms with van der Waals surface area (Å²) in [5.41, 5.74) is 9.20. The fourth-order valence-electron chi connectivity index (χ4n) is 3.53. The monoisotopic (exact) mass is 537 g/mol. The molecule has 1 atom stereocenters. The lowest BCUT2D eigenvalue weighted by Gasteiger charge is -2.12. The molecule has 0 saturated carbocycles. The predicted octanol–water partition coefficient (Wildman–Crippen LogP) is 1.36. The summed E-state index contributed by atoms with van der Waals surface area (Å²) in [6.07, 6.45) is -0.837. The number of carbonyl (C=O) groups is 1. The number of anilines is 1. The van der Waals surface area contributed by atoms with Crippen LogP contribution in [-0.2, 0) is 16.6 Å². The number of nitrogens with one attached hydrogen (secondary N) is 2. The molecule has 2 heterocycles. The molecule has 0 aliphatic rings. The van der Waals surface area contributed by atoms with Crippen molar-refractivity contribution in [2.75, 3.05) is 18.5 Å². The van der Waals surface area contributed by atoms with Gasteiger partial charge in [0, 0.05) is 17.7 Å². The maximum Gasteiger partial charge on any atom is 0.252 e. The smallest absolute Gasteiger partial charge is 0.252 e. The summed E-state index contributed by atoms with van der Waals surface area (Å²) >= 11 is 0. The van der Waals surface area contributed by atoms with Crippen LogP contribution in [-0.4, -0.2) is 53.8 Å². The summed E-state index contributed by atoms with van der Waals surface area (Å²) in [4.78, 5) is 25.9. The van der Waals surface area contributed by atoms with E-state index in [-0.39, 0.29) is 11.5 Å². The number of sulfonamides is 1. The Hall–Kier alpha value is -4.17. The Morgan fingerprint density at radius 1 is 1.03 bits per heavy atom. The maximum absolute atomic E-state index is 12.2. The first-order chi connectivity index (χ1) is 18.2. The number of aromatic nitrogens is 3. The molecule has 0 radical (unpaired) electrons. The summed E-state index contributed by atoms with van der Waals surface area (Å²) < 4.78 is 28.6. The van der Waals surface area contributed by atoms with E-state index < -0.39 is 22.1 Å². The van der Waals surface area contributed by atoms with Crippen molar-refractivity contribution in [3.05, 3.63) is 71.8 Å². The molecule has 0 aliphatic carbocycles. The Bertz CT molecular complexity index is 1550. The molecule has 198 valence electrons. The lowest BCUT2D eigenvalue weighted by Crippen LogP contribution is -2.44. The van der Waals surface area contributed by atoms with Gasteiger partial charge in [0.1, 0.15) is 6.17 Å². The van der Waals surface area contributed by atoms with E-state index >= 15 is 0 Å². The Kier molecular flexibility index (Phi) is 8.12. The zero-order valence-electron chi connectivity index (χ0n) is 20.5. The zero-order chi connectivity index (χ0) is 27.3. The first-order valence-corrected chi connectivity index (χ1v) is 13.2. The highest BCUT2D eigenvalue weighted by Gasteiger charge is 2.14. The van der Waals surface area contributed by atoms with E-state index in [1.54, 1.807) is 48.5 Å². The molecule has 0 fully saturated rings. The van der Waals surface area contributed by atoms with Crippen molar-refractivity contribution in [2.45, 2.75) is 24.5 Å². The number of aliphatic hydroxyl groups is 1. The second-order valence-corrected chi connectivity index (χ2v) is 9.79. The van der Waals surface area contributed by atoms with Gasteiger partial charge in [0.05, 0.1) is 29.3 Å². The van der Waals surface area contributed by atoms with Crippen LogP contribution in [0, 0.1) is 0 Å². The number of hydrogen-bond donors (Lipinski definition) is 5. The molecule has 2 aromatic heterocycles. The molecule has 0 aliphatic heterocycles. The van der Waals surface area contributed by atoms with E-state index in [2.05, 4.69) is 20.6 Å². The number of aliphatic hydroxyl groups excluding tert-OH is 1. The van der Waals surface area contributed by atoms with Gasteiger partial charge in [-0.1, -0.05) is 24.3 Å². The van der Waals surface area contributed by atoms with Gasteiger partial charge in [0.25, 0.3) is 5.91 Å². The lowest BCUT2D eigenvalue weighted by atomic mass is 10.1. The number of nitrogens with two attached hydrogens (primary N) is 2. The van der Waals surface area contributed by atoms with Crippen molar-refractivity contribution in [1.82, 2.24) is 20.3 Å². The molecule has 7 N–H and O–H groups in total. The fourth-order valence-corrected chi connectivity index (χ4v) is 4.05. The number of benzene rings is 2. The predicted molar refractivity (Wildman–Crippen MR) is 142 cm³/mol. The van der Waals surface area contributed by atoms with E-state index in [4.69, 9.17) is 25.7 Å². The normalized spacial score (nSPS) is 12.2. The molecule has 0 spiro atoms. The Morgan fingerprint density at radius 2 is 1.74 bits per heavy atom. The van der Waals surface area contributed by atoms with E-state index in [1.807, 2.05) is 6.92 Å². The standard InChI is InChI=1S/C25H27N7O5S/c1-2-37-24-22-20(30-25(32-24)28-13-15-3-9-18(10-4-15)38(27,35)36)12-11-19(29-22)16-5-7-17(8-6-16)23(34)31-21(26)14-33/h3-12,21,33H,2,13-14,26H2,1H3,(H,31,34)(H2,27,35,36)(H,28,30,32)/t21-/m0/s1. The van der Waals surface area contributed by atoms with Crippen LogP contribution in [0.2, 0.25) is 0 Å². The van der Waals surface area contributed by atoms with Crippen LogP contribution in [0.15, 0.2) is 65.6 Å². The number of hydrogen-bond acceptors (Lipinski definition) is 10. The zero-order valence-corrected chi connectivity index (χ0v) is 21.3. The summed E-state index contributed by atoms with van der Waals surface area (Å²) in [5, 5.41) is 19.8. The summed E-state index contributed by atoms with van der Waals surface area (Å²) in [7, 11) is -3.76. The van der Waals surface area contributed by atoms with Gasteiger partial charge in [-0.25, -0.2) is 23.5 Å². The topological polar surface area (TPSA) is 195 Å². The molecule has 0 saturated heterocycles. The quantitative estimate of drug-likeness (QED) is 0.184. The van der Waals surface area contributed by atoms with Crippen molar-refractivity contribution in [2.24, 2.45) is 10.9 Å². The summed E-state index contributed by atoms with van der Waals surface area (Å²) in [6.45, 7) is 2.19. The minimum atomic E-state index is -3.76. The molecule has 0 bridgehead atoms. The van der Waals surface area contributed by atoms with Crippen LogP contribution in [0.3, 0.4) is 0 Å². The molecule has 38 heavy (non-hydrogen) atoms. The first kappa shape index (κ1) is 26.9. The molecule has 4 aromatic rings. The molecule has 4 rings (SSSR count). The number of fused-ring (bicyclic) bond motifs is 1. The van der Waals surface area contributed by atoms with E-state index in [1.165, 1.54) is 12.1 Å². The molecular formula is C25H27N7O5S. The van der Waals surface area contributed by atoms with Crippen molar-refractivity contribution >= 4 is 32.9 Å². The largest absolute Gasteiger partial charge is 0.476 e. The number of primary sulfonamides is 1. The summed E-state index contributed by atoms with van der Waals surface area (Å²) in [5.74, 6) is 0.236. The Labute approximate surface area is 219 Å². The third-order valence-electron chi connectivity index (χ3n) is 5.45. The molecular weight excluding hydrogens is 510 g/mol. The van der Waals surface area contributed by atoms with E-state index in [0.29, 0.717) is 47.3 Å². The second-order valence-electron chi connectivity index (χ2n) is 8.23. The van der Waals surface area contributed by atoms with Crippen molar-refractivity contribution in [3.63, 3.8) is 0 Å². The van der Waals surface area contributed by atoms with Gasteiger partial charge in [-0.15, -0.1) is 0 Å². The summed E-state index contributed by atoms with van der Waals surface area (Å²) in [6, 6.07) is 16.6. The number of ether oxygens (including phenoxy) is 1. The highest BCUT2D eigenvalue weighted by Crippen LogP contribution is 2.27. The molecule has 1 amide bonds.